The zero-order valence-corrected chi connectivity index (χ0v) is 14.2. The van der Waals surface area contributed by atoms with Crippen LogP contribution in [0.2, 0.25) is 5.02 Å². The summed E-state index contributed by atoms with van der Waals surface area (Å²) in [5.74, 6) is -1.55. The van der Waals surface area contributed by atoms with Crippen LogP contribution in [0.25, 0.3) is 0 Å². The molecule has 8 nitrogen and oxygen atoms in total. The van der Waals surface area contributed by atoms with Crippen molar-refractivity contribution in [2.75, 3.05) is 0 Å². The van der Waals surface area contributed by atoms with Gasteiger partial charge >= 0.3 is 5.97 Å². The second-order valence-electron chi connectivity index (χ2n) is 4.47. The first-order chi connectivity index (χ1) is 10.6. The smallest absolute Gasteiger partial charge is 0.335 e. The van der Waals surface area contributed by atoms with Crippen molar-refractivity contribution in [3.05, 3.63) is 32.8 Å². The first kappa shape index (κ1) is 19.6. The van der Waals surface area contributed by atoms with E-state index in [-0.39, 0.29) is 6.42 Å². The van der Waals surface area contributed by atoms with E-state index in [2.05, 4.69) is 0 Å². The molecule has 0 aliphatic heterocycles. The van der Waals surface area contributed by atoms with Crippen LogP contribution in [0, 0.1) is 10.1 Å². The minimum atomic E-state index is -4.56. The third-order valence-electron chi connectivity index (χ3n) is 2.75. The van der Waals surface area contributed by atoms with E-state index in [0.717, 1.165) is 6.42 Å². The molecule has 23 heavy (non-hydrogen) atoms. The van der Waals surface area contributed by atoms with Crippen molar-refractivity contribution in [1.29, 1.82) is 0 Å². The molecule has 11 heteroatoms. The summed E-state index contributed by atoms with van der Waals surface area (Å²) in [5, 5.41) is 19.1. The molecular weight excluding hydrogens is 373 g/mol. The summed E-state index contributed by atoms with van der Waals surface area (Å²) in [6.45, 7) is 1.87. The molecule has 0 spiro atoms. The van der Waals surface area contributed by atoms with Crippen LogP contribution in [-0.4, -0.2) is 30.0 Å². The van der Waals surface area contributed by atoms with Gasteiger partial charge in [0.05, 0.1) is 10.5 Å². The van der Waals surface area contributed by atoms with Gasteiger partial charge in [0.1, 0.15) is 9.92 Å². The van der Waals surface area contributed by atoms with Crippen molar-refractivity contribution in [1.82, 2.24) is 0 Å². The Hall–Kier alpha value is -1.42. The normalized spacial score (nSPS) is 12.8. The zero-order valence-electron chi connectivity index (χ0n) is 11.9. The quantitative estimate of drug-likeness (QED) is 0.314. The van der Waals surface area contributed by atoms with E-state index in [1.54, 1.807) is 0 Å². The number of halogens is 2. The van der Waals surface area contributed by atoms with Crippen LogP contribution in [0.3, 0.4) is 0 Å². The molecule has 0 bridgehead atoms. The van der Waals surface area contributed by atoms with E-state index in [9.17, 15) is 23.3 Å². The first-order valence-electron chi connectivity index (χ1n) is 6.38. The van der Waals surface area contributed by atoms with Gasteiger partial charge in [-0.25, -0.2) is 8.98 Å². The number of benzene rings is 1. The van der Waals surface area contributed by atoms with Gasteiger partial charge < -0.3 is 5.11 Å². The largest absolute Gasteiger partial charge is 0.478 e. The summed E-state index contributed by atoms with van der Waals surface area (Å²) in [7, 11) is -4.56. The number of nitrogens with zero attached hydrogens (tertiary/aromatic N) is 1. The van der Waals surface area contributed by atoms with Crippen LogP contribution < -0.4 is 0 Å². The average molecular weight is 386 g/mol. The minimum Gasteiger partial charge on any atom is -0.478 e. The molecule has 1 N–H and O–H groups in total. The standard InChI is InChI=1S/C12H13Cl2NO7S/c1-2-3-4-10(13)22-23(20,21)9-6-7(12(16)17)5-8(11(9)14)15(18)19/h5-6,10H,2-4H2,1H3,(H,16,17). The van der Waals surface area contributed by atoms with Gasteiger partial charge in [-0.1, -0.05) is 36.5 Å². The molecule has 0 saturated carbocycles. The maximum absolute atomic E-state index is 12.2. The van der Waals surface area contributed by atoms with Crippen molar-refractivity contribution < 1.29 is 27.4 Å². The molecule has 0 fully saturated rings. The number of hydrogen-bond acceptors (Lipinski definition) is 6. The van der Waals surface area contributed by atoms with E-state index in [1.165, 1.54) is 0 Å². The SMILES string of the molecule is CCCCC(Cl)OS(=O)(=O)c1cc(C(=O)O)cc([N+](=O)[O-])c1Cl. The van der Waals surface area contributed by atoms with Gasteiger partial charge in [-0.05, 0) is 18.9 Å². The fourth-order valence-electron chi connectivity index (χ4n) is 1.62. The van der Waals surface area contributed by atoms with Crippen LogP contribution in [0.5, 0.6) is 0 Å². The Bertz CT molecular complexity index is 720. The van der Waals surface area contributed by atoms with E-state index < -0.39 is 47.7 Å². The van der Waals surface area contributed by atoms with Crippen molar-refractivity contribution in [3.63, 3.8) is 0 Å². The third kappa shape index (κ3) is 5.03. The van der Waals surface area contributed by atoms with Crippen LogP contribution in [0.1, 0.15) is 36.5 Å². The maximum atomic E-state index is 12.2. The number of rotatable bonds is 8. The fraction of sp³-hybridized carbons (Fsp3) is 0.417. The lowest BCUT2D eigenvalue weighted by Gasteiger charge is -2.12. The Morgan fingerprint density at radius 1 is 1.48 bits per heavy atom. The van der Waals surface area contributed by atoms with Crippen molar-refractivity contribution >= 4 is 45.0 Å². The Labute approximate surface area is 142 Å². The van der Waals surface area contributed by atoms with E-state index in [0.29, 0.717) is 18.6 Å². The molecular formula is C12H13Cl2NO7S. The second kappa shape index (κ2) is 7.91. The number of hydrogen-bond donors (Lipinski definition) is 1. The Morgan fingerprint density at radius 3 is 2.57 bits per heavy atom. The third-order valence-corrected chi connectivity index (χ3v) is 5.02. The van der Waals surface area contributed by atoms with Gasteiger partial charge in [0.25, 0.3) is 15.8 Å². The average Bonchev–Trinajstić information content (AvgIpc) is 2.43. The van der Waals surface area contributed by atoms with Crippen LogP contribution in [0.15, 0.2) is 17.0 Å². The number of carboxylic acid groups (broad SMARTS) is 1. The Balaban J connectivity index is 3.34. The molecule has 0 heterocycles. The highest BCUT2D eigenvalue weighted by Gasteiger charge is 2.30. The predicted octanol–water partition coefficient (Wildman–Crippen LogP) is 3.41. The van der Waals surface area contributed by atoms with Gasteiger partial charge in [-0.3, -0.25) is 10.1 Å². The maximum Gasteiger partial charge on any atom is 0.335 e. The first-order valence-corrected chi connectivity index (χ1v) is 8.61. The molecule has 0 amide bonds. The van der Waals surface area contributed by atoms with Crippen molar-refractivity contribution in [2.45, 2.75) is 36.6 Å². The van der Waals surface area contributed by atoms with Gasteiger partial charge in [0.15, 0.2) is 5.56 Å². The molecule has 0 aliphatic carbocycles. The number of unbranched alkanes of at least 4 members (excludes halogenated alkanes) is 1. The number of alkyl halides is 1. The highest BCUT2D eigenvalue weighted by atomic mass is 35.5. The Kier molecular flexibility index (Phi) is 6.75. The predicted molar refractivity (Wildman–Crippen MR) is 82.5 cm³/mol. The van der Waals surface area contributed by atoms with Crippen molar-refractivity contribution in [3.8, 4) is 0 Å². The molecule has 1 aromatic carbocycles. The minimum absolute atomic E-state index is 0.232. The highest BCUT2D eigenvalue weighted by molar-refractivity contribution is 7.87. The number of aromatic carboxylic acids is 1. The molecule has 0 aliphatic rings. The van der Waals surface area contributed by atoms with Crippen LogP contribution >= 0.6 is 23.2 Å². The lowest BCUT2D eigenvalue weighted by molar-refractivity contribution is -0.384. The lowest BCUT2D eigenvalue weighted by atomic mass is 10.2. The Morgan fingerprint density at radius 2 is 2.09 bits per heavy atom. The van der Waals surface area contributed by atoms with Crippen LogP contribution in [0.4, 0.5) is 5.69 Å². The summed E-state index contributed by atoms with van der Waals surface area (Å²) in [6.07, 6.45) is 1.59. The van der Waals surface area contributed by atoms with E-state index >= 15 is 0 Å². The summed E-state index contributed by atoms with van der Waals surface area (Å²) in [4.78, 5) is 20.1. The molecule has 1 atom stereocenters. The van der Waals surface area contributed by atoms with Gasteiger partial charge in [-0.15, -0.1) is 0 Å². The number of carbonyl (C=O) groups is 1. The van der Waals surface area contributed by atoms with Gasteiger partial charge in [0, 0.05) is 6.07 Å². The molecule has 1 aromatic rings. The lowest BCUT2D eigenvalue weighted by Crippen LogP contribution is -2.15. The summed E-state index contributed by atoms with van der Waals surface area (Å²) in [6, 6.07) is 1.36. The molecule has 0 radical (unpaired) electrons. The summed E-state index contributed by atoms with van der Waals surface area (Å²) in [5.41, 5.74) is -2.65. The van der Waals surface area contributed by atoms with Crippen LogP contribution in [-0.2, 0) is 14.3 Å². The molecule has 0 aromatic heterocycles. The number of nitro groups is 1. The van der Waals surface area contributed by atoms with Gasteiger partial charge in [0.2, 0.25) is 0 Å². The topological polar surface area (TPSA) is 124 Å². The molecule has 0 saturated heterocycles. The summed E-state index contributed by atoms with van der Waals surface area (Å²) >= 11 is 11.5. The molecule has 128 valence electrons. The van der Waals surface area contributed by atoms with E-state index in [4.69, 9.17) is 32.5 Å². The number of nitro benzene ring substituents is 1. The second-order valence-corrected chi connectivity index (χ2v) is 6.88. The zero-order chi connectivity index (χ0) is 17.8. The fourth-order valence-corrected chi connectivity index (χ4v) is 3.60. The van der Waals surface area contributed by atoms with E-state index in [1.807, 2.05) is 6.92 Å². The van der Waals surface area contributed by atoms with Gasteiger partial charge in [-0.2, -0.15) is 8.42 Å². The summed E-state index contributed by atoms with van der Waals surface area (Å²) < 4.78 is 29.1. The number of carboxylic acids is 1. The van der Waals surface area contributed by atoms with Crippen molar-refractivity contribution in [2.24, 2.45) is 0 Å². The highest BCUT2D eigenvalue weighted by Crippen LogP contribution is 2.34. The monoisotopic (exact) mass is 385 g/mol. The molecule has 1 rings (SSSR count). The molecule has 1 unspecified atom stereocenters.